The second-order valence-corrected chi connectivity index (χ2v) is 4.75. The van der Waals surface area contributed by atoms with E-state index in [1.807, 2.05) is 17.8 Å². The van der Waals surface area contributed by atoms with Crippen LogP contribution in [0.4, 0.5) is 4.39 Å². The lowest BCUT2D eigenvalue weighted by Gasteiger charge is -2.18. The van der Waals surface area contributed by atoms with Gasteiger partial charge in [0.1, 0.15) is 11.6 Å². The SMILES string of the molecule is Cn1ccnc1CCC(NN)c1c(F)cccc1Cl. The average Bonchev–Trinajstić information content (AvgIpc) is 2.78. The quantitative estimate of drug-likeness (QED) is 0.654. The highest BCUT2D eigenvalue weighted by atomic mass is 35.5. The van der Waals surface area contributed by atoms with E-state index in [9.17, 15) is 4.39 Å². The van der Waals surface area contributed by atoms with Crippen molar-refractivity contribution in [3.8, 4) is 0 Å². The van der Waals surface area contributed by atoms with Gasteiger partial charge in [-0.05, 0) is 18.6 Å². The first-order chi connectivity index (χ1) is 9.13. The third kappa shape index (κ3) is 3.12. The van der Waals surface area contributed by atoms with Gasteiger partial charge >= 0.3 is 0 Å². The van der Waals surface area contributed by atoms with Crippen molar-refractivity contribution in [1.29, 1.82) is 0 Å². The fraction of sp³-hybridized carbons (Fsp3) is 0.308. The monoisotopic (exact) mass is 282 g/mol. The molecule has 2 rings (SSSR count). The first-order valence-electron chi connectivity index (χ1n) is 5.99. The van der Waals surface area contributed by atoms with Crippen LogP contribution in [0.5, 0.6) is 0 Å². The van der Waals surface area contributed by atoms with E-state index in [0.29, 0.717) is 23.4 Å². The van der Waals surface area contributed by atoms with E-state index in [-0.39, 0.29) is 11.9 Å². The maximum atomic E-state index is 13.8. The number of benzene rings is 1. The number of hydrogen-bond donors (Lipinski definition) is 2. The first kappa shape index (κ1) is 14.0. The van der Waals surface area contributed by atoms with Crippen molar-refractivity contribution in [2.45, 2.75) is 18.9 Å². The summed E-state index contributed by atoms with van der Waals surface area (Å²) in [7, 11) is 1.92. The number of hydrazine groups is 1. The van der Waals surface area contributed by atoms with Gasteiger partial charge < -0.3 is 4.57 Å². The molecular formula is C13H16ClFN4. The van der Waals surface area contributed by atoms with Crippen molar-refractivity contribution in [3.05, 3.63) is 52.8 Å². The molecule has 0 amide bonds. The molecule has 0 aliphatic heterocycles. The summed E-state index contributed by atoms with van der Waals surface area (Å²) in [6, 6.07) is 4.27. The van der Waals surface area contributed by atoms with Gasteiger partial charge in [-0.1, -0.05) is 17.7 Å². The molecule has 1 unspecified atom stereocenters. The molecule has 0 bridgehead atoms. The average molecular weight is 283 g/mol. The van der Waals surface area contributed by atoms with Gasteiger partial charge in [0, 0.05) is 36.4 Å². The Hall–Kier alpha value is -1.43. The zero-order valence-electron chi connectivity index (χ0n) is 10.6. The summed E-state index contributed by atoms with van der Waals surface area (Å²) in [5, 5.41) is 0.378. The number of aryl methyl sites for hydroxylation is 2. The summed E-state index contributed by atoms with van der Waals surface area (Å²) in [6.45, 7) is 0. The normalized spacial score (nSPS) is 12.6. The van der Waals surface area contributed by atoms with E-state index in [1.54, 1.807) is 18.3 Å². The summed E-state index contributed by atoms with van der Waals surface area (Å²) in [6.07, 6.45) is 4.90. The molecule has 0 saturated heterocycles. The van der Waals surface area contributed by atoms with E-state index < -0.39 is 0 Å². The number of nitrogens with zero attached hydrogens (tertiary/aromatic N) is 2. The van der Waals surface area contributed by atoms with Gasteiger partial charge in [-0.25, -0.2) is 9.37 Å². The van der Waals surface area contributed by atoms with Gasteiger partial charge in [0.25, 0.3) is 0 Å². The lowest BCUT2D eigenvalue weighted by molar-refractivity contribution is 0.479. The molecule has 0 saturated carbocycles. The van der Waals surface area contributed by atoms with Crippen molar-refractivity contribution in [1.82, 2.24) is 15.0 Å². The Kier molecular flexibility index (Phi) is 4.52. The molecular weight excluding hydrogens is 267 g/mol. The Labute approximate surface area is 116 Å². The molecule has 2 aromatic rings. The van der Waals surface area contributed by atoms with E-state index in [0.717, 1.165) is 5.82 Å². The fourth-order valence-electron chi connectivity index (χ4n) is 2.07. The van der Waals surface area contributed by atoms with Gasteiger partial charge in [-0.3, -0.25) is 11.3 Å². The molecule has 102 valence electrons. The molecule has 0 aliphatic rings. The molecule has 0 aliphatic carbocycles. The number of imidazole rings is 1. The summed E-state index contributed by atoms with van der Waals surface area (Å²) < 4.78 is 15.8. The van der Waals surface area contributed by atoms with Crippen LogP contribution < -0.4 is 11.3 Å². The Morgan fingerprint density at radius 1 is 1.53 bits per heavy atom. The molecule has 19 heavy (non-hydrogen) atoms. The first-order valence-corrected chi connectivity index (χ1v) is 6.37. The van der Waals surface area contributed by atoms with Crippen molar-refractivity contribution < 1.29 is 4.39 Å². The van der Waals surface area contributed by atoms with Crippen molar-refractivity contribution >= 4 is 11.6 Å². The standard InChI is InChI=1S/C13H16ClFN4/c1-19-8-7-17-12(19)6-5-11(18-16)13-9(14)3-2-4-10(13)15/h2-4,7-8,11,18H,5-6,16H2,1H3. The Balaban J connectivity index is 2.15. The zero-order valence-corrected chi connectivity index (χ0v) is 11.4. The number of nitrogens with two attached hydrogens (primary N) is 1. The van der Waals surface area contributed by atoms with E-state index in [4.69, 9.17) is 17.4 Å². The predicted octanol–water partition coefficient (Wildman–Crippen LogP) is 2.35. The number of hydrogen-bond acceptors (Lipinski definition) is 3. The fourth-order valence-corrected chi connectivity index (χ4v) is 2.36. The van der Waals surface area contributed by atoms with Gasteiger partial charge in [0.15, 0.2) is 0 Å². The Morgan fingerprint density at radius 3 is 2.89 bits per heavy atom. The van der Waals surface area contributed by atoms with Crippen molar-refractivity contribution in [2.24, 2.45) is 12.9 Å². The van der Waals surface area contributed by atoms with Gasteiger partial charge in [0.2, 0.25) is 0 Å². The van der Waals surface area contributed by atoms with Crippen LogP contribution in [0.1, 0.15) is 23.9 Å². The highest BCUT2D eigenvalue weighted by Crippen LogP contribution is 2.28. The zero-order chi connectivity index (χ0) is 13.8. The third-order valence-electron chi connectivity index (χ3n) is 3.13. The number of halogens is 2. The molecule has 1 atom stereocenters. The van der Waals surface area contributed by atoms with Crippen LogP contribution in [0, 0.1) is 5.82 Å². The minimum atomic E-state index is -0.352. The summed E-state index contributed by atoms with van der Waals surface area (Å²) >= 11 is 6.04. The Bertz CT molecular complexity index is 535. The van der Waals surface area contributed by atoms with Crippen LogP contribution in [-0.2, 0) is 13.5 Å². The number of aromatic nitrogens is 2. The summed E-state index contributed by atoms with van der Waals surface area (Å²) in [5.74, 6) is 6.09. The van der Waals surface area contributed by atoms with Crippen LogP contribution in [0.15, 0.2) is 30.6 Å². The molecule has 6 heteroatoms. The van der Waals surface area contributed by atoms with Crippen LogP contribution in [-0.4, -0.2) is 9.55 Å². The van der Waals surface area contributed by atoms with Gasteiger partial charge in [-0.15, -0.1) is 0 Å². The lowest BCUT2D eigenvalue weighted by Crippen LogP contribution is -2.29. The smallest absolute Gasteiger partial charge is 0.129 e. The van der Waals surface area contributed by atoms with E-state index in [2.05, 4.69) is 10.4 Å². The maximum Gasteiger partial charge on any atom is 0.129 e. The Morgan fingerprint density at radius 2 is 2.32 bits per heavy atom. The molecule has 1 aromatic carbocycles. The van der Waals surface area contributed by atoms with E-state index in [1.165, 1.54) is 6.07 Å². The highest BCUT2D eigenvalue weighted by molar-refractivity contribution is 6.31. The minimum Gasteiger partial charge on any atom is -0.338 e. The molecule has 0 fully saturated rings. The van der Waals surface area contributed by atoms with Crippen LogP contribution in [0.3, 0.4) is 0 Å². The number of nitrogens with one attached hydrogen (secondary N) is 1. The molecule has 0 radical (unpaired) electrons. The highest BCUT2D eigenvalue weighted by Gasteiger charge is 2.18. The second kappa shape index (κ2) is 6.14. The molecule has 4 nitrogen and oxygen atoms in total. The second-order valence-electron chi connectivity index (χ2n) is 4.35. The van der Waals surface area contributed by atoms with Crippen LogP contribution in [0.25, 0.3) is 0 Å². The topological polar surface area (TPSA) is 55.9 Å². The van der Waals surface area contributed by atoms with Gasteiger partial charge in [0.05, 0.1) is 6.04 Å². The third-order valence-corrected chi connectivity index (χ3v) is 3.46. The summed E-state index contributed by atoms with van der Waals surface area (Å²) in [5.41, 5.74) is 3.02. The maximum absolute atomic E-state index is 13.8. The van der Waals surface area contributed by atoms with Crippen molar-refractivity contribution in [3.63, 3.8) is 0 Å². The minimum absolute atomic E-state index is 0.342. The van der Waals surface area contributed by atoms with Crippen molar-refractivity contribution in [2.75, 3.05) is 0 Å². The predicted molar refractivity (Wildman–Crippen MR) is 73.0 cm³/mol. The van der Waals surface area contributed by atoms with E-state index >= 15 is 0 Å². The van der Waals surface area contributed by atoms with Crippen LogP contribution in [0.2, 0.25) is 5.02 Å². The molecule has 1 heterocycles. The molecule has 3 N–H and O–H groups in total. The summed E-state index contributed by atoms with van der Waals surface area (Å²) in [4.78, 5) is 4.23. The molecule has 0 spiro atoms. The largest absolute Gasteiger partial charge is 0.338 e. The van der Waals surface area contributed by atoms with Crippen LogP contribution >= 0.6 is 11.6 Å². The molecule has 1 aromatic heterocycles. The van der Waals surface area contributed by atoms with Gasteiger partial charge in [-0.2, -0.15) is 0 Å². The number of rotatable bonds is 5. The lowest BCUT2D eigenvalue weighted by atomic mass is 10.0.